The van der Waals surface area contributed by atoms with Crippen LogP contribution in [0.3, 0.4) is 0 Å². The van der Waals surface area contributed by atoms with Crippen molar-refractivity contribution in [1.29, 1.82) is 0 Å². The molecule has 0 amide bonds. The molecule has 1 heteroatoms. The molecule has 0 atom stereocenters. The topological polar surface area (TPSA) is 0 Å². The van der Waals surface area contributed by atoms with E-state index in [9.17, 15) is 0 Å². The third-order valence-corrected chi connectivity index (χ3v) is 6.91. The predicted octanol–water partition coefficient (Wildman–Crippen LogP) is 8.60. The molecule has 0 bridgehead atoms. The van der Waals surface area contributed by atoms with E-state index in [4.69, 9.17) is 0 Å². The second-order valence-corrected chi connectivity index (χ2v) is 9.33. The van der Waals surface area contributed by atoms with E-state index in [-0.39, 0.29) is 5.41 Å². The molecule has 0 nitrogen and oxygen atoms in total. The number of unbranched alkanes of at least 4 members (excludes halogenated alkanes) is 3. The maximum atomic E-state index is 4.56. The molecule has 0 heterocycles. The second kappa shape index (κ2) is 9.32. The van der Waals surface area contributed by atoms with Crippen molar-refractivity contribution in [3.05, 3.63) is 113 Å². The highest BCUT2D eigenvalue weighted by Crippen LogP contribution is 2.55. The molecule has 0 aliphatic heterocycles. The van der Waals surface area contributed by atoms with Crippen LogP contribution < -0.4 is 0 Å². The summed E-state index contributed by atoms with van der Waals surface area (Å²) in [5.74, 6) is 0. The Labute approximate surface area is 193 Å². The zero-order valence-corrected chi connectivity index (χ0v) is 19.6. The molecule has 0 N–H and O–H groups in total. The first kappa shape index (κ1) is 21.7. The quantitative estimate of drug-likeness (QED) is 0.209. The average Bonchev–Trinajstić information content (AvgIpc) is 3.03. The number of hydrogen-bond acceptors (Lipinski definition) is 1. The molecular formula is C30H32S. The Morgan fingerprint density at radius 1 is 0.806 bits per heavy atom. The Balaban J connectivity index is 1.79. The summed E-state index contributed by atoms with van der Waals surface area (Å²) in [5.41, 5.74) is 9.66. The van der Waals surface area contributed by atoms with E-state index < -0.39 is 0 Å². The normalized spacial score (nSPS) is 13.9. The first-order valence-electron chi connectivity index (χ1n) is 11.4. The van der Waals surface area contributed by atoms with Crippen LogP contribution in [0, 0.1) is 13.8 Å². The van der Waals surface area contributed by atoms with E-state index >= 15 is 0 Å². The van der Waals surface area contributed by atoms with Gasteiger partial charge in [-0.3, -0.25) is 0 Å². The maximum absolute atomic E-state index is 4.56. The van der Waals surface area contributed by atoms with Gasteiger partial charge in [-0.15, -0.1) is 12.6 Å². The Morgan fingerprint density at radius 3 is 2.00 bits per heavy atom. The smallest absolute Gasteiger partial charge is 0.0463 e. The lowest BCUT2D eigenvalue weighted by Gasteiger charge is -2.34. The molecule has 158 valence electrons. The van der Waals surface area contributed by atoms with Gasteiger partial charge in [0.2, 0.25) is 0 Å². The highest BCUT2D eigenvalue weighted by Gasteiger charge is 2.44. The van der Waals surface area contributed by atoms with Crippen LogP contribution >= 0.6 is 12.6 Å². The fourth-order valence-electron chi connectivity index (χ4n) is 5.13. The number of benzene rings is 3. The van der Waals surface area contributed by atoms with Crippen LogP contribution in [0.25, 0.3) is 11.1 Å². The molecular weight excluding hydrogens is 392 g/mol. The number of rotatable bonds is 8. The lowest BCUT2D eigenvalue weighted by atomic mass is 9.69. The van der Waals surface area contributed by atoms with Gasteiger partial charge in [0, 0.05) is 10.3 Å². The fraction of sp³-hybridized carbons (Fsp3) is 0.267. The van der Waals surface area contributed by atoms with Gasteiger partial charge < -0.3 is 0 Å². The Bertz CT molecular complexity index is 1050. The van der Waals surface area contributed by atoms with Gasteiger partial charge in [0.05, 0.1) is 0 Å². The molecule has 4 rings (SSSR count). The van der Waals surface area contributed by atoms with E-state index in [1.54, 1.807) is 0 Å². The van der Waals surface area contributed by atoms with Crippen molar-refractivity contribution in [3.8, 4) is 11.1 Å². The minimum Gasteiger partial charge on any atom is -0.143 e. The van der Waals surface area contributed by atoms with Gasteiger partial charge in [-0.2, -0.15) is 0 Å². The maximum Gasteiger partial charge on any atom is 0.0463 e. The summed E-state index contributed by atoms with van der Waals surface area (Å²) in [5, 5.41) is 0. The first-order valence-corrected chi connectivity index (χ1v) is 11.8. The number of hydrogen-bond donors (Lipinski definition) is 1. The zero-order valence-electron chi connectivity index (χ0n) is 18.7. The van der Waals surface area contributed by atoms with Crippen molar-refractivity contribution >= 4 is 12.6 Å². The van der Waals surface area contributed by atoms with Crippen molar-refractivity contribution in [2.75, 3.05) is 0 Å². The van der Waals surface area contributed by atoms with Crippen LogP contribution in [-0.4, -0.2) is 0 Å². The highest BCUT2D eigenvalue weighted by atomic mass is 32.1. The summed E-state index contributed by atoms with van der Waals surface area (Å²) < 4.78 is 0. The largest absolute Gasteiger partial charge is 0.143 e. The van der Waals surface area contributed by atoms with E-state index in [1.165, 1.54) is 58.2 Å². The molecule has 0 saturated heterocycles. The summed E-state index contributed by atoms with van der Waals surface area (Å²) in [6.07, 6.45) is 12.0. The van der Waals surface area contributed by atoms with E-state index in [2.05, 4.69) is 106 Å². The van der Waals surface area contributed by atoms with Crippen molar-refractivity contribution in [1.82, 2.24) is 0 Å². The van der Waals surface area contributed by atoms with Crippen molar-refractivity contribution in [2.45, 2.75) is 56.3 Å². The molecule has 0 radical (unpaired) electrons. The predicted molar refractivity (Wildman–Crippen MR) is 137 cm³/mol. The van der Waals surface area contributed by atoms with Crippen LogP contribution in [0.5, 0.6) is 0 Å². The lowest BCUT2D eigenvalue weighted by molar-refractivity contribution is 0.518. The molecule has 0 unspecified atom stereocenters. The monoisotopic (exact) mass is 424 g/mol. The van der Waals surface area contributed by atoms with Gasteiger partial charge in [0.15, 0.2) is 0 Å². The Kier molecular flexibility index (Phi) is 6.53. The summed E-state index contributed by atoms with van der Waals surface area (Å²) in [6, 6.07) is 22.9. The molecule has 3 aromatic rings. The molecule has 0 fully saturated rings. The van der Waals surface area contributed by atoms with E-state index in [0.29, 0.717) is 0 Å². The van der Waals surface area contributed by atoms with Crippen molar-refractivity contribution in [3.63, 3.8) is 0 Å². The number of allylic oxidation sites excluding steroid dienone is 3. The molecule has 0 spiro atoms. The van der Waals surface area contributed by atoms with Crippen LogP contribution in [0.2, 0.25) is 0 Å². The van der Waals surface area contributed by atoms with Gasteiger partial charge in [-0.05, 0) is 73.1 Å². The Morgan fingerprint density at radius 2 is 1.42 bits per heavy atom. The second-order valence-electron chi connectivity index (χ2n) is 8.81. The average molecular weight is 425 g/mol. The summed E-state index contributed by atoms with van der Waals surface area (Å²) in [4.78, 5) is 1.01. The van der Waals surface area contributed by atoms with Gasteiger partial charge in [0.1, 0.15) is 0 Å². The van der Waals surface area contributed by atoms with Gasteiger partial charge in [-0.25, -0.2) is 0 Å². The van der Waals surface area contributed by atoms with Crippen LogP contribution in [-0.2, 0) is 5.41 Å². The standard InChI is InChI=1S/C30H32S/c1-4-5-6-7-8-9-10-19-30(24-13-15-25(31)16-14-24)28-20-22(2)11-17-26(28)27-18-12-23(3)21-29(27)30/h4-6,11-18,20-21,31H,1,7-10,19H2,2-3H3/b6-5-. The third-order valence-electron chi connectivity index (χ3n) is 6.61. The van der Waals surface area contributed by atoms with Gasteiger partial charge >= 0.3 is 0 Å². The van der Waals surface area contributed by atoms with Crippen molar-refractivity contribution < 1.29 is 0 Å². The molecule has 0 aromatic heterocycles. The fourth-order valence-corrected chi connectivity index (χ4v) is 5.28. The SMILES string of the molecule is C=C/C=C\CCCCCC1(c2ccc(S)cc2)c2cc(C)ccc2-c2ccc(C)cc21. The molecule has 0 saturated carbocycles. The third kappa shape index (κ3) is 4.16. The minimum atomic E-state index is -0.0961. The lowest BCUT2D eigenvalue weighted by Crippen LogP contribution is -2.27. The van der Waals surface area contributed by atoms with Gasteiger partial charge in [0.25, 0.3) is 0 Å². The first-order chi connectivity index (χ1) is 15.1. The zero-order chi connectivity index (χ0) is 21.8. The summed E-state index contributed by atoms with van der Waals surface area (Å²) in [6.45, 7) is 8.18. The van der Waals surface area contributed by atoms with Crippen LogP contribution in [0.4, 0.5) is 0 Å². The van der Waals surface area contributed by atoms with Crippen molar-refractivity contribution in [2.24, 2.45) is 0 Å². The number of thiol groups is 1. The molecule has 31 heavy (non-hydrogen) atoms. The summed E-state index contributed by atoms with van der Waals surface area (Å²) >= 11 is 4.56. The van der Waals surface area contributed by atoms with E-state index in [0.717, 1.165) is 17.7 Å². The van der Waals surface area contributed by atoms with Crippen LogP contribution in [0.1, 0.15) is 59.9 Å². The number of fused-ring (bicyclic) bond motifs is 3. The Hall–Kier alpha value is -2.51. The molecule has 1 aliphatic rings. The van der Waals surface area contributed by atoms with Crippen LogP contribution in [0.15, 0.2) is 90.4 Å². The molecule has 3 aromatic carbocycles. The van der Waals surface area contributed by atoms with E-state index in [1.807, 2.05) is 6.08 Å². The highest BCUT2D eigenvalue weighted by molar-refractivity contribution is 7.80. The minimum absolute atomic E-state index is 0.0961. The summed E-state index contributed by atoms with van der Waals surface area (Å²) in [7, 11) is 0. The van der Waals surface area contributed by atoms with Gasteiger partial charge in [-0.1, -0.05) is 97.3 Å². The molecule has 1 aliphatic carbocycles. The number of aryl methyl sites for hydroxylation is 2.